The summed E-state index contributed by atoms with van der Waals surface area (Å²) in [5.41, 5.74) is 3.25. The topological polar surface area (TPSA) is 0 Å². The van der Waals surface area contributed by atoms with Crippen molar-refractivity contribution in [3.8, 4) is 0 Å². The fourth-order valence-electron chi connectivity index (χ4n) is 1.38. The first-order valence-electron chi connectivity index (χ1n) is 3.80. The monoisotopic (exact) mass is 324 g/mol. The second-order valence-corrected chi connectivity index (χ2v) is 39.2. The Kier molecular flexibility index (Phi) is 5.70. The summed E-state index contributed by atoms with van der Waals surface area (Å²) in [4.78, 5) is 0. The van der Waals surface area contributed by atoms with E-state index in [4.69, 9.17) is 0 Å². The van der Waals surface area contributed by atoms with Crippen LogP contribution in [0.1, 0.15) is 20.3 Å². The predicted molar refractivity (Wildman–Crippen MR) is 51.0 cm³/mol. The summed E-state index contributed by atoms with van der Waals surface area (Å²) in [6.45, 7) is 4.59. The van der Waals surface area contributed by atoms with Crippen LogP contribution >= 0.6 is 0 Å². The van der Waals surface area contributed by atoms with Crippen LogP contribution in [0.15, 0.2) is 20.5 Å². The van der Waals surface area contributed by atoms with Crippen LogP contribution in [0.2, 0.25) is 0 Å². The van der Waals surface area contributed by atoms with E-state index in [2.05, 4.69) is 19.9 Å². The third-order valence-electron chi connectivity index (χ3n) is 2.26. The van der Waals surface area contributed by atoms with Gasteiger partial charge in [0.05, 0.1) is 0 Å². The average molecular weight is 326 g/mol. The van der Waals surface area contributed by atoms with Gasteiger partial charge in [0.25, 0.3) is 0 Å². The molecule has 4 heteroatoms. The van der Waals surface area contributed by atoms with Gasteiger partial charge in [-0.2, -0.15) is 0 Å². The van der Waals surface area contributed by atoms with Gasteiger partial charge in [-0.1, -0.05) is 0 Å². The van der Waals surface area contributed by atoms with Gasteiger partial charge in [0.1, 0.15) is 0 Å². The molecule has 0 aromatic rings. The largest absolute Gasteiger partial charge is 1.00 e. The Morgan fingerprint density at radius 2 is 1.91 bits per heavy atom. The molecule has 1 aliphatic rings. The zero-order valence-electron chi connectivity index (χ0n) is 7.66. The minimum Gasteiger partial charge on any atom is -1.00 e. The molecule has 62 valence electrons. The molecule has 0 fully saturated rings. The summed E-state index contributed by atoms with van der Waals surface area (Å²) in [7, 11) is 3.12. The molecule has 0 saturated heterocycles. The molecule has 0 nitrogen and oxygen atoms in total. The summed E-state index contributed by atoms with van der Waals surface area (Å²) in [6.07, 6.45) is 3.76. The van der Waals surface area contributed by atoms with Gasteiger partial charge in [-0.15, -0.1) is 0 Å². The van der Waals surface area contributed by atoms with Crippen LogP contribution < -0.4 is 17.0 Å². The third-order valence-corrected chi connectivity index (χ3v) is 13.8. The minimum absolute atomic E-state index is 0. The fraction of sp³-hybridized carbons (Fsp3) is 0.429. The molecule has 0 unspecified atom stereocenters. The van der Waals surface area contributed by atoms with Crippen molar-refractivity contribution in [2.45, 2.75) is 20.3 Å². The Morgan fingerprint density at radius 3 is 2.09 bits per heavy atom. The average Bonchev–Trinajstić information content (AvgIpc) is 2.14. The van der Waals surface area contributed by atoms with E-state index in [1.54, 1.807) is 25.9 Å². The van der Waals surface area contributed by atoms with Gasteiger partial charge in [0.15, 0.2) is 0 Å². The van der Waals surface area contributed by atoms with Gasteiger partial charge in [-0.3, -0.25) is 0 Å². The first-order valence-corrected chi connectivity index (χ1v) is 21.8. The van der Waals surface area contributed by atoms with Crippen molar-refractivity contribution >= 4 is 14.7 Å². The van der Waals surface area contributed by atoms with Crippen LogP contribution in [-0.4, -0.2) is 14.7 Å². The molecular formula is C7H15BrSi2Zr. The first kappa shape index (κ1) is 12.3. The molecule has 1 rings (SSSR count). The van der Waals surface area contributed by atoms with E-state index in [0.717, 1.165) is 0 Å². The Balaban J connectivity index is 0.000001000. The van der Waals surface area contributed by atoms with Crippen molar-refractivity contribution in [3.63, 3.8) is 0 Å². The van der Waals surface area contributed by atoms with Crippen LogP contribution in [0, 0.1) is 0 Å². The van der Waals surface area contributed by atoms with Crippen molar-refractivity contribution in [2.24, 2.45) is 0 Å². The molecule has 0 saturated carbocycles. The van der Waals surface area contributed by atoms with Crippen LogP contribution in [-0.2, 0) is 20.1 Å². The van der Waals surface area contributed by atoms with Crippen LogP contribution in [0.25, 0.3) is 0 Å². The Morgan fingerprint density at radius 1 is 1.36 bits per heavy atom. The summed E-state index contributed by atoms with van der Waals surface area (Å²) in [5, 5.41) is 0. The summed E-state index contributed by atoms with van der Waals surface area (Å²) < 4.78 is 1.94. The SMILES string of the molecule is CC1=CC[C]([Zr+]([SiH3])[SiH3])=C1C.[Br-]. The normalized spacial score (nSPS) is 16.7. The van der Waals surface area contributed by atoms with E-state index in [-0.39, 0.29) is 17.0 Å². The van der Waals surface area contributed by atoms with E-state index in [9.17, 15) is 0 Å². The molecule has 0 spiro atoms. The predicted octanol–water partition coefficient (Wildman–Crippen LogP) is -3.21. The molecule has 0 heterocycles. The summed E-state index contributed by atoms with van der Waals surface area (Å²) in [6, 6.07) is 0. The molecule has 11 heavy (non-hydrogen) atoms. The molecule has 0 amide bonds. The van der Waals surface area contributed by atoms with Crippen molar-refractivity contribution in [1.82, 2.24) is 0 Å². The Bertz CT molecular complexity index is 208. The number of rotatable bonds is 1. The van der Waals surface area contributed by atoms with Gasteiger partial charge in [-0.25, -0.2) is 0 Å². The smallest absolute Gasteiger partial charge is 1.00 e. The minimum atomic E-state index is -0.722. The van der Waals surface area contributed by atoms with Gasteiger partial charge in [-0.05, 0) is 0 Å². The quantitative estimate of drug-likeness (QED) is 0.445. The molecular weight excluding hydrogens is 311 g/mol. The maximum atomic E-state index is 2.42. The van der Waals surface area contributed by atoms with E-state index in [0.29, 0.717) is 0 Å². The second-order valence-electron chi connectivity index (χ2n) is 3.19. The third kappa shape index (κ3) is 2.91. The number of hydrogen-bond acceptors (Lipinski definition) is 0. The van der Waals surface area contributed by atoms with Crippen molar-refractivity contribution in [3.05, 3.63) is 20.5 Å². The van der Waals surface area contributed by atoms with Gasteiger partial charge in [0.2, 0.25) is 0 Å². The van der Waals surface area contributed by atoms with Crippen LogP contribution in [0.3, 0.4) is 0 Å². The number of hydrogen-bond donors (Lipinski definition) is 0. The Labute approximate surface area is 91.7 Å². The first-order chi connectivity index (χ1) is 4.63. The van der Waals surface area contributed by atoms with Gasteiger partial charge in [0, 0.05) is 0 Å². The van der Waals surface area contributed by atoms with Gasteiger partial charge < -0.3 is 17.0 Å². The van der Waals surface area contributed by atoms with Crippen LogP contribution in [0.4, 0.5) is 0 Å². The molecule has 0 N–H and O–H groups in total. The molecule has 0 aromatic heterocycles. The molecule has 0 radical (unpaired) electrons. The van der Waals surface area contributed by atoms with Crippen molar-refractivity contribution < 1.29 is 37.1 Å². The molecule has 0 bridgehead atoms. The molecule has 0 atom stereocenters. The molecule has 1 aliphatic carbocycles. The molecule has 0 aliphatic heterocycles. The van der Waals surface area contributed by atoms with Crippen LogP contribution in [0.5, 0.6) is 0 Å². The molecule has 0 aromatic carbocycles. The zero-order valence-corrected chi connectivity index (χ0v) is 15.7. The van der Waals surface area contributed by atoms with E-state index < -0.39 is 20.1 Å². The van der Waals surface area contributed by atoms with Gasteiger partial charge >= 0.3 is 75.6 Å². The zero-order chi connectivity index (χ0) is 7.72. The van der Waals surface area contributed by atoms with Crippen molar-refractivity contribution in [2.75, 3.05) is 0 Å². The fourth-order valence-corrected chi connectivity index (χ4v) is 11.8. The van der Waals surface area contributed by atoms with E-state index in [1.807, 2.05) is 3.28 Å². The van der Waals surface area contributed by atoms with E-state index >= 15 is 0 Å². The maximum Gasteiger partial charge on any atom is -1.00 e. The maximum absolute atomic E-state index is 2.42. The van der Waals surface area contributed by atoms with Crippen molar-refractivity contribution in [1.29, 1.82) is 0 Å². The standard InChI is InChI=1S/C7H9.BrH.2H3Si.Zr/c1-6-4-3-5-7(6)2;;;;/h4H,3H2,1-2H3;1H;2*1H3;/q;;;;+1/p-1. The number of allylic oxidation sites excluding steroid dienone is 4. The summed E-state index contributed by atoms with van der Waals surface area (Å²) >= 11 is -0.722. The van der Waals surface area contributed by atoms with E-state index in [1.165, 1.54) is 6.42 Å². The Hall–Kier alpha value is 1.28. The second kappa shape index (κ2) is 5.10. The number of halogens is 1. The summed E-state index contributed by atoms with van der Waals surface area (Å²) in [5.74, 6) is 0.